The highest BCUT2D eigenvalue weighted by molar-refractivity contribution is 6.27. The molecule has 11 rings (SSSR count). The molecule has 52 heavy (non-hydrogen) atoms. The lowest BCUT2D eigenvalue weighted by Gasteiger charge is -2.18. The molecule has 0 N–H and O–H groups in total. The molecule has 0 heterocycles. The standard InChI is InChI=1S/C52H32/c1-3-11-33(12-4-1)35-21-25-37(26-22-35)44-29-50-46(41-18-8-7-17-40(41)44)30-45(38-27-23-36(24-28-38)34-13-5-2-6-14-34)49-31-47-42-19-9-15-39-16-10-20-43(52(39)42)48(47)32-51(49)50/h1-32H. The molecule has 0 saturated carbocycles. The molecule has 0 unspecified atom stereocenters. The molecule has 0 aromatic heterocycles. The van der Waals surface area contributed by atoms with E-state index in [2.05, 4.69) is 194 Å². The molecule has 240 valence electrons. The zero-order chi connectivity index (χ0) is 34.2. The van der Waals surface area contributed by atoms with Crippen LogP contribution in [-0.2, 0) is 0 Å². The highest BCUT2D eigenvalue weighted by Gasteiger charge is 2.24. The van der Waals surface area contributed by atoms with E-state index in [1.165, 1.54) is 110 Å². The van der Waals surface area contributed by atoms with Crippen LogP contribution in [-0.4, -0.2) is 0 Å². The second-order valence-corrected chi connectivity index (χ2v) is 14.0. The van der Waals surface area contributed by atoms with Crippen molar-refractivity contribution < 1.29 is 0 Å². The fourth-order valence-electron chi connectivity index (χ4n) is 8.70. The van der Waals surface area contributed by atoms with Crippen molar-refractivity contribution in [3.05, 3.63) is 194 Å². The van der Waals surface area contributed by atoms with E-state index in [9.17, 15) is 0 Å². The summed E-state index contributed by atoms with van der Waals surface area (Å²) < 4.78 is 0. The Balaban J connectivity index is 1.20. The molecule has 10 aromatic carbocycles. The van der Waals surface area contributed by atoms with Gasteiger partial charge in [-0.05, 0) is 134 Å². The summed E-state index contributed by atoms with van der Waals surface area (Å²) in [4.78, 5) is 0. The highest BCUT2D eigenvalue weighted by Crippen LogP contribution is 2.51. The Kier molecular flexibility index (Phi) is 6.35. The molecule has 0 aliphatic heterocycles. The molecule has 0 radical (unpaired) electrons. The van der Waals surface area contributed by atoms with Crippen molar-refractivity contribution in [2.45, 2.75) is 0 Å². The Labute approximate surface area is 302 Å². The molecule has 1 aliphatic rings. The number of benzene rings is 10. The Morgan fingerprint density at radius 1 is 0.192 bits per heavy atom. The van der Waals surface area contributed by atoms with E-state index in [1.807, 2.05) is 0 Å². The second kappa shape index (κ2) is 11.4. The van der Waals surface area contributed by atoms with E-state index >= 15 is 0 Å². The molecule has 0 spiro atoms. The van der Waals surface area contributed by atoms with Gasteiger partial charge in [-0.2, -0.15) is 0 Å². The van der Waals surface area contributed by atoms with Gasteiger partial charge in [-0.3, -0.25) is 0 Å². The van der Waals surface area contributed by atoms with Crippen molar-refractivity contribution in [1.82, 2.24) is 0 Å². The lowest BCUT2D eigenvalue weighted by atomic mass is 9.85. The molecule has 1 aliphatic carbocycles. The monoisotopic (exact) mass is 656 g/mol. The van der Waals surface area contributed by atoms with Crippen LogP contribution in [0.25, 0.3) is 110 Å². The lowest BCUT2D eigenvalue weighted by Crippen LogP contribution is -1.91. The predicted molar refractivity (Wildman–Crippen MR) is 223 cm³/mol. The number of hydrogen-bond donors (Lipinski definition) is 0. The van der Waals surface area contributed by atoms with E-state index < -0.39 is 0 Å². The molecular formula is C52H32. The smallest absolute Gasteiger partial charge is 0.00264 e. The van der Waals surface area contributed by atoms with Gasteiger partial charge >= 0.3 is 0 Å². The van der Waals surface area contributed by atoms with Gasteiger partial charge in [-0.25, -0.2) is 0 Å². The Morgan fingerprint density at radius 2 is 0.577 bits per heavy atom. The van der Waals surface area contributed by atoms with Gasteiger partial charge in [0.15, 0.2) is 0 Å². The van der Waals surface area contributed by atoms with Crippen LogP contribution in [0.5, 0.6) is 0 Å². The van der Waals surface area contributed by atoms with Crippen molar-refractivity contribution in [2.75, 3.05) is 0 Å². The van der Waals surface area contributed by atoms with Gasteiger partial charge < -0.3 is 0 Å². The normalized spacial score (nSPS) is 11.8. The topological polar surface area (TPSA) is 0 Å². The fraction of sp³-hybridized carbons (Fsp3) is 0. The van der Waals surface area contributed by atoms with Crippen molar-refractivity contribution in [3.8, 4) is 66.8 Å². The first-order chi connectivity index (χ1) is 25.8. The highest BCUT2D eigenvalue weighted by atomic mass is 14.3. The molecule has 0 bridgehead atoms. The first-order valence-corrected chi connectivity index (χ1v) is 18.1. The third-order valence-corrected chi connectivity index (χ3v) is 11.2. The Hall–Kier alpha value is -6.76. The van der Waals surface area contributed by atoms with Crippen LogP contribution in [0.4, 0.5) is 0 Å². The van der Waals surface area contributed by atoms with E-state index in [4.69, 9.17) is 0 Å². The summed E-state index contributed by atoms with van der Waals surface area (Å²) in [5.41, 5.74) is 15.2. The van der Waals surface area contributed by atoms with E-state index in [0.717, 1.165) is 0 Å². The van der Waals surface area contributed by atoms with Gasteiger partial charge in [0, 0.05) is 0 Å². The molecule has 0 fully saturated rings. The molecule has 0 nitrogen and oxygen atoms in total. The van der Waals surface area contributed by atoms with Gasteiger partial charge in [0.1, 0.15) is 0 Å². The van der Waals surface area contributed by atoms with E-state index in [-0.39, 0.29) is 0 Å². The van der Waals surface area contributed by atoms with Crippen LogP contribution >= 0.6 is 0 Å². The Morgan fingerprint density at radius 3 is 1.13 bits per heavy atom. The van der Waals surface area contributed by atoms with Crippen LogP contribution in [0.1, 0.15) is 0 Å². The summed E-state index contributed by atoms with van der Waals surface area (Å²) in [7, 11) is 0. The zero-order valence-electron chi connectivity index (χ0n) is 28.5. The van der Waals surface area contributed by atoms with Crippen LogP contribution in [0, 0.1) is 0 Å². The molecule has 0 heteroatoms. The molecule has 0 amide bonds. The second-order valence-electron chi connectivity index (χ2n) is 14.0. The first kappa shape index (κ1) is 29.0. The minimum Gasteiger partial charge on any atom is -0.0622 e. The summed E-state index contributed by atoms with van der Waals surface area (Å²) in [5.74, 6) is 0. The predicted octanol–water partition coefficient (Wildman–Crippen LogP) is 14.6. The molecule has 10 aromatic rings. The van der Waals surface area contributed by atoms with Gasteiger partial charge in [0.2, 0.25) is 0 Å². The largest absolute Gasteiger partial charge is 0.0622 e. The molecular weight excluding hydrogens is 625 g/mol. The maximum atomic E-state index is 2.49. The van der Waals surface area contributed by atoms with Crippen LogP contribution in [0.3, 0.4) is 0 Å². The average Bonchev–Trinajstić information content (AvgIpc) is 3.54. The molecule has 0 saturated heterocycles. The summed E-state index contributed by atoms with van der Waals surface area (Å²) in [6.07, 6.45) is 0. The fourth-order valence-corrected chi connectivity index (χ4v) is 8.70. The SMILES string of the molecule is c1ccc(-c2ccc(-c3cc4c5cc6c(cc5c(-c5ccc(-c7ccccc7)cc5)cc4c4ccccc34)-c3cccc4cccc-6c34)cc2)cc1. The maximum absolute atomic E-state index is 2.49. The lowest BCUT2D eigenvalue weighted by molar-refractivity contribution is 1.60. The van der Waals surface area contributed by atoms with Crippen LogP contribution < -0.4 is 0 Å². The summed E-state index contributed by atoms with van der Waals surface area (Å²) in [6, 6.07) is 71.8. The summed E-state index contributed by atoms with van der Waals surface area (Å²) in [5, 5.41) is 10.3. The summed E-state index contributed by atoms with van der Waals surface area (Å²) >= 11 is 0. The first-order valence-electron chi connectivity index (χ1n) is 18.1. The third-order valence-electron chi connectivity index (χ3n) is 11.2. The zero-order valence-corrected chi connectivity index (χ0v) is 28.5. The van der Waals surface area contributed by atoms with Crippen molar-refractivity contribution in [3.63, 3.8) is 0 Å². The van der Waals surface area contributed by atoms with Gasteiger partial charge in [0.25, 0.3) is 0 Å². The van der Waals surface area contributed by atoms with Crippen molar-refractivity contribution >= 4 is 43.1 Å². The van der Waals surface area contributed by atoms with Crippen LogP contribution in [0.2, 0.25) is 0 Å². The van der Waals surface area contributed by atoms with Crippen molar-refractivity contribution in [1.29, 1.82) is 0 Å². The van der Waals surface area contributed by atoms with Crippen molar-refractivity contribution in [2.24, 2.45) is 0 Å². The number of fused-ring (bicyclic) bond motifs is 8. The minimum absolute atomic E-state index is 1.23. The average molecular weight is 657 g/mol. The van der Waals surface area contributed by atoms with Gasteiger partial charge in [0.05, 0.1) is 0 Å². The third kappa shape index (κ3) is 4.41. The van der Waals surface area contributed by atoms with Gasteiger partial charge in [-0.1, -0.05) is 170 Å². The van der Waals surface area contributed by atoms with Crippen LogP contribution in [0.15, 0.2) is 194 Å². The quantitative estimate of drug-likeness (QED) is 0.165. The van der Waals surface area contributed by atoms with Gasteiger partial charge in [-0.15, -0.1) is 0 Å². The van der Waals surface area contributed by atoms with E-state index in [0.29, 0.717) is 0 Å². The number of hydrogen-bond acceptors (Lipinski definition) is 0. The summed E-state index contributed by atoms with van der Waals surface area (Å²) in [6.45, 7) is 0. The Bertz CT molecular complexity index is 3000. The maximum Gasteiger partial charge on any atom is -0.00264 e. The molecule has 0 atom stereocenters. The minimum atomic E-state index is 1.23. The van der Waals surface area contributed by atoms with E-state index in [1.54, 1.807) is 0 Å². The number of rotatable bonds is 4.